The molecule has 0 N–H and O–H groups in total. The Bertz CT molecular complexity index is 314. The van der Waals surface area contributed by atoms with Gasteiger partial charge in [0, 0.05) is 24.4 Å². The Kier molecular flexibility index (Phi) is 4.99. The normalized spacial score (nSPS) is 10.7. The molecule has 1 aromatic rings. The van der Waals surface area contributed by atoms with Crippen LogP contribution in [0.4, 0.5) is 0 Å². The van der Waals surface area contributed by atoms with E-state index >= 15 is 0 Å². The van der Waals surface area contributed by atoms with E-state index < -0.39 is 0 Å². The molecule has 0 fully saturated rings. The largest absolute Gasteiger partial charge is 0.496 e. The Balaban J connectivity index is 2.77. The van der Waals surface area contributed by atoms with E-state index in [1.54, 1.807) is 7.11 Å². The second kappa shape index (κ2) is 6.03. The molecule has 0 amide bonds. The zero-order valence-corrected chi connectivity index (χ0v) is 10.6. The lowest BCUT2D eigenvalue weighted by atomic mass is 10.1. The number of ether oxygens (including phenoxy) is 1. The van der Waals surface area contributed by atoms with Gasteiger partial charge < -0.3 is 9.64 Å². The number of hydrogen-bond donors (Lipinski definition) is 1. The van der Waals surface area contributed by atoms with Gasteiger partial charge in [0.2, 0.25) is 0 Å². The van der Waals surface area contributed by atoms with Crippen molar-refractivity contribution in [3.8, 4) is 5.75 Å². The maximum Gasteiger partial charge on any atom is 0.123 e. The molecule has 2 nitrogen and oxygen atoms in total. The molecular weight excluding hydrogens is 206 g/mol. The molecule has 0 aliphatic heterocycles. The number of benzene rings is 1. The monoisotopic (exact) mass is 225 g/mol. The van der Waals surface area contributed by atoms with Gasteiger partial charge in [-0.25, -0.2) is 0 Å². The molecular formula is C12H19NOS. The van der Waals surface area contributed by atoms with Gasteiger partial charge in [-0.2, -0.15) is 12.6 Å². The Morgan fingerprint density at radius 3 is 2.73 bits per heavy atom. The van der Waals surface area contributed by atoms with Crippen LogP contribution < -0.4 is 4.74 Å². The summed E-state index contributed by atoms with van der Waals surface area (Å²) in [7, 11) is 3.81. The summed E-state index contributed by atoms with van der Waals surface area (Å²) in [5.41, 5.74) is 2.51. The van der Waals surface area contributed by atoms with Crippen molar-refractivity contribution in [2.75, 3.05) is 26.5 Å². The fourth-order valence-electron chi connectivity index (χ4n) is 1.57. The molecule has 3 heteroatoms. The van der Waals surface area contributed by atoms with Gasteiger partial charge >= 0.3 is 0 Å². The molecule has 0 aromatic heterocycles. The molecule has 0 heterocycles. The highest BCUT2D eigenvalue weighted by atomic mass is 32.1. The van der Waals surface area contributed by atoms with Crippen molar-refractivity contribution in [3.05, 3.63) is 29.3 Å². The van der Waals surface area contributed by atoms with Crippen LogP contribution in [0.1, 0.15) is 11.1 Å². The van der Waals surface area contributed by atoms with Crippen LogP contribution in [-0.4, -0.2) is 31.4 Å². The van der Waals surface area contributed by atoms with Crippen LogP contribution >= 0.6 is 12.6 Å². The molecule has 1 rings (SSSR count). The molecule has 15 heavy (non-hydrogen) atoms. The van der Waals surface area contributed by atoms with Crippen LogP contribution in [0.5, 0.6) is 5.75 Å². The van der Waals surface area contributed by atoms with Gasteiger partial charge in [-0.1, -0.05) is 17.7 Å². The van der Waals surface area contributed by atoms with Crippen molar-refractivity contribution >= 4 is 12.6 Å². The first-order chi connectivity index (χ1) is 7.17. The van der Waals surface area contributed by atoms with Crippen molar-refractivity contribution in [1.82, 2.24) is 4.90 Å². The number of aryl methyl sites for hydroxylation is 1. The highest BCUT2D eigenvalue weighted by Gasteiger charge is 2.05. The van der Waals surface area contributed by atoms with Gasteiger partial charge in [-0.15, -0.1) is 0 Å². The van der Waals surface area contributed by atoms with E-state index in [0.29, 0.717) is 0 Å². The maximum atomic E-state index is 5.33. The Labute approximate surface area is 97.6 Å². The summed E-state index contributed by atoms with van der Waals surface area (Å²) < 4.78 is 5.33. The van der Waals surface area contributed by atoms with Crippen LogP contribution in [0.25, 0.3) is 0 Å². The van der Waals surface area contributed by atoms with E-state index in [0.717, 1.165) is 24.6 Å². The second-order valence-corrected chi connectivity index (χ2v) is 4.22. The number of methoxy groups -OCH3 is 1. The topological polar surface area (TPSA) is 12.5 Å². The van der Waals surface area contributed by atoms with E-state index in [1.807, 2.05) is 6.07 Å². The summed E-state index contributed by atoms with van der Waals surface area (Å²) >= 11 is 4.22. The van der Waals surface area contributed by atoms with Crippen LogP contribution in [0, 0.1) is 6.92 Å². The van der Waals surface area contributed by atoms with Crippen molar-refractivity contribution in [1.29, 1.82) is 0 Å². The van der Waals surface area contributed by atoms with Gasteiger partial charge in [0.25, 0.3) is 0 Å². The molecule has 0 aliphatic rings. The predicted molar refractivity (Wildman–Crippen MR) is 67.9 cm³/mol. The standard InChI is InChI=1S/C12H19NOS/c1-10-4-5-12(14-3)11(8-10)9-13(2)6-7-15/h4-5,8,15H,6-7,9H2,1-3H3. The number of thiol groups is 1. The number of rotatable bonds is 5. The summed E-state index contributed by atoms with van der Waals surface area (Å²) in [6.07, 6.45) is 0. The van der Waals surface area contributed by atoms with Gasteiger partial charge in [0.05, 0.1) is 7.11 Å². The van der Waals surface area contributed by atoms with E-state index in [1.165, 1.54) is 11.1 Å². The first kappa shape index (κ1) is 12.4. The van der Waals surface area contributed by atoms with Crippen molar-refractivity contribution in [2.24, 2.45) is 0 Å². The lowest BCUT2D eigenvalue weighted by Gasteiger charge is -2.17. The molecule has 84 valence electrons. The van der Waals surface area contributed by atoms with E-state index in [4.69, 9.17) is 4.74 Å². The SMILES string of the molecule is COc1ccc(C)cc1CN(C)CCS. The molecule has 0 saturated heterocycles. The minimum atomic E-state index is 0.880. The zero-order chi connectivity index (χ0) is 11.3. The van der Waals surface area contributed by atoms with Crippen LogP contribution in [0.15, 0.2) is 18.2 Å². The molecule has 1 aromatic carbocycles. The quantitative estimate of drug-likeness (QED) is 0.772. The fraction of sp³-hybridized carbons (Fsp3) is 0.500. The Morgan fingerprint density at radius 2 is 2.13 bits per heavy atom. The molecule has 0 radical (unpaired) electrons. The highest BCUT2D eigenvalue weighted by Crippen LogP contribution is 2.20. The maximum absolute atomic E-state index is 5.33. The van der Waals surface area contributed by atoms with E-state index in [9.17, 15) is 0 Å². The molecule has 0 unspecified atom stereocenters. The third-order valence-corrected chi connectivity index (χ3v) is 2.56. The Hall–Kier alpha value is -0.670. The van der Waals surface area contributed by atoms with Gasteiger partial charge in [-0.3, -0.25) is 0 Å². The summed E-state index contributed by atoms with van der Waals surface area (Å²) in [5, 5.41) is 0. The van der Waals surface area contributed by atoms with Crippen LogP contribution in [0.3, 0.4) is 0 Å². The number of hydrogen-bond acceptors (Lipinski definition) is 3. The lowest BCUT2D eigenvalue weighted by Crippen LogP contribution is -2.20. The third-order valence-electron chi connectivity index (χ3n) is 2.36. The predicted octanol–water partition coefficient (Wildman–Crippen LogP) is 2.37. The smallest absolute Gasteiger partial charge is 0.123 e. The summed E-state index contributed by atoms with van der Waals surface area (Å²) in [4.78, 5) is 2.24. The van der Waals surface area contributed by atoms with Crippen LogP contribution in [0.2, 0.25) is 0 Å². The highest BCUT2D eigenvalue weighted by molar-refractivity contribution is 7.80. The van der Waals surface area contributed by atoms with E-state index in [-0.39, 0.29) is 0 Å². The first-order valence-corrected chi connectivity index (χ1v) is 5.73. The second-order valence-electron chi connectivity index (χ2n) is 3.78. The lowest BCUT2D eigenvalue weighted by molar-refractivity contribution is 0.335. The zero-order valence-electron chi connectivity index (χ0n) is 9.66. The van der Waals surface area contributed by atoms with Crippen molar-refractivity contribution < 1.29 is 4.74 Å². The first-order valence-electron chi connectivity index (χ1n) is 5.10. The van der Waals surface area contributed by atoms with Crippen molar-refractivity contribution in [2.45, 2.75) is 13.5 Å². The Morgan fingerprint density at radius 1 is 1.40 bits per heavy atom. The molecule has 0 aliphatic carbocycles. The average Bonchev–Trinajstić information content (AvgIpc) is 2.18. The van der Waals surface area contributed by atoms with Gasteiger partial charge in [0.1, 0.15) is 5.75 Å². The fourth-order valence-corrected chi connectivity index (χ4v) is 1.91. The molecule has 0 spiro atoms. The minimum Gasteiger partial charge on any atom is -0.496 e. The molecule has 0 bridgehead atoms. The summed E-state index contributed by atoms with van der Waals surface area (Å²) in [6.45, 7) is 3.99. The minimum absolute atomic E-state index is 0.880. The molecule has 0 saturated carbocycles. The average molecular weight is 225 g/mol. The number of nitrogens with zero attached hydrogens (tertiary/aromatic N) is 1. The van der Waals surface area contributed by atoms with Crippen molar-refractivity contribution in [3.63, 3.8) is 0 Å². The van der Waals surface area contributed by atoms with Gasteiger partial charge in [0.15, 0.2) is 0 Å². The van der Waals surface area contributed by atoms with Gasteiger partial charge in [-0.05, 0) is 20.0 Å². The molecule has 0 atom stereocenters. The summed E-state index contributed by atoms with van der Waals surface area (Å²) in [6, 6.07) is 6.27. The van der Waals surface area contributed by atoms with E-state index in [2.05, 4.69) is 43.6 Å². The van der Waals surface area contributed by atoms with Crippen LogP contribution in [-0.2, 0) is 6.54 Å². The summed E-state index contributed by atoms with van der Waals surface area (Å²) in [5.74, 6) is 1.84. The third kappa shape index (κ3) is 3.76.